The number of nitro groups is 1. The van der Waals surface area contributed by atoms with E-state index in [0.29, 0.717) is 5.69 Å². The predicted molar refractivity (Wildman–Crippen MR) is 96.4 cm³/mol. The average Bonchev–Trinajstić information content (AvgIpc) is 2.98. The van der Waals surface area contributed by atoms with Crippen molar-refractivity contribution in [2.75, 3.05) is 5.73 Å². The Balaban J connectivity index is 1.85. The number of nitro benzene ring substituents is 1. The second kappa shape index (κ2) is 6.70. The summed E-state index contributed by atoms with van der Waals surface area (Å²) in [6.45, 7) is 0. The van der Waals surface area contributed by atoms with Gasteiger partial charge in [0.05, 0.1) is 10.5 Å². The quantitative estimate of drug-likeness (QED) is 0.478. The SMILES string of the molecule is NC(=O)c1cc(-c2cccc(Sc3ccc([N+](=O)[O-])cc3)c2)[nH]c1N. The van der Waals surface area contributed by atoms with Gasteiger partial charge in [-0.3, -0.25) is 14.9 Å². The van der Waals surface area contributed by atoms with Crippen LogP contribution in [-0.2, 0) is 0 Å². The van der Waals surface area contributed by atoms with Crippen molar-refractivity contribution in [3.8, 4) is 11.3 Å². The summed E-state index contributed by atoms with van der Waals surface area (Å²) in [5.41, 5.74) is 12.9. The largest absolute Gasteiger partial charge is 0.385 e. The van der Waals surface area contributed by atoms with Gasteiger partial charge in [0.1, 0.15) is 5.82 Å². The first-order chi connectivity index (χ1) is 11.9. The minimum atomic E-state index is -0.587. The second-order valence-electron chi connectivity index (χ2n) is 5.26. The molecule has 0 aliphatic rings. The first kappa shape index (κ1) is 16.6. The smallest absolute Gasteiger partial charge is 0.269 e. The van der Waals surface area contributed by atoms with Crippen LogP contribution < -0.4 is 11.5 Å². The van der Waals surface area contributed by atoms with E-state index < -0.39 is 10.8 Å². The minimum absolute atomic E-state index is 0.0546. The molecule has 0 unspecified atom stereocenters. The molecule has 1 heterocycles. The molecule has 7 nitrogen and oxygen atoms in total. The molecule has 3 rings (SSSR count). The highest BCUT2D eigenvalue weighted by Gasteiger charge is 2.12. The number of carbonyl (C=O) groups excluding carboxylic acids is 1. The molecule has 0 saturated carbocycles. The van der Waals surface area contributed by atoms with Crippen LogP contribution in [-0.4, -0.2) is 15.8 Å². The second-order valence-corrected chi connectivity index (χ2v) is 6.40. The van der Waals surface area contributed by atoms with Gasteiger partial charge in [0.25, 0.3) is 11.6 Å². The van der Waals surface area contributed by atoms with Crippen LogP contribution >= 0.6 is 11.8 Å². The van der Waals surface area contributed by atoms with Crippen LogP contribution in [0.5, 0.6) is 0 Å². The molecule has 25 heavy (non-hydrogen) atoms. The molecule has 8 heteroatoms. The zero-order chi connectivity index (χ0) is 18.0. The van der Waals surface area contributed by atoms with Crippen molar-refractivity contribution in [2.24, 2.45) is 5.73 Å². The number of nitrogens with two attached hydrogens (primary N) is 2. The number of benzene rings is 2. The van der Waals surface area contributed by atoms with Crippen molar-refractivity contribution >= 4 is 29.2 Å². The third-order valence-corrected chi connectivity index (χ3v) is 4.54. The lowest BCUT2D eigenvalue weighted by atomic mass is 10.1. The van der Waals surface area contributed by atoms with Gasteiger partial charge in [0.15, 0.2) is 0 Å². The van der Waals surface area contributed by atoms with Gasteiger partial charge in [0, 0.05) is 27.6 Å². The summed E-state index contributed by atoms with van der Waals surface area (Å²) >= 11 is 1.47. The Kier molecular flexibility index (Phi) is 4.44. The molecule has 0 aliphatic heterocycles. The monoisotopic (exact) mass is 354 g/mol. The Morgan fingerprint density at radius 1 is 1.08 bits per heavy atom. The Bertz CT molecular complexity index is 951. The number of aromatic nitrogens is 1. The van der Waals surface area contributed by atoms with Gasteiger partial charge in [-0.2, -0.15) is 0 Å². The number of primary amides is 1. The maximum Gasteiger partial charge on any atom is 0.269 e. The summed E-state index contributed by atoms with van der Waals surface area (Å²) in [5.74, 6) is -0.354. The minimum Gasteiger partial charge on any atom is -0.385 e. The highest BCUT2D eigenvalue weighted by Crippen LogP contribution is 2.32. The highest BCUT2D eigenvalue weighted by atomic mass is 32.2. The molecule has 126 valence electrons. The van der Waals surface area contributed by atoms with Crippen molar-refractivity contribution < 1.29 is 9.72 Å². The lowest BCUT2D eigenvalue weighted by molar-refractivity contribution is -0.384. The summed E-state index contributed by atoms with van der Waals surface area (Å²) in [6.07, 6.45) is 0. The number of aromatic amines is 1. The predicted octanol–water partition coefficient (Wildman–Crippen LogP) is 3.42. The third kappa shape index (κ3) is 3.64. The van der Waals surface area contributed by atoms with Gasteiger partial charge >= 0.3 is 0 Å². The van der Waals surface area contributed by atoms with Gasteiger partial charge in [-0.25, -0.2) is 0 Å². The van der Waals surface area contributed by atoms with Crippen LogP contribution in [0.1, 0.15) is 10.4 Å². The van der Waals surface area contributed by atoms with E-state index in [1.807, 2.05) is 24.3 Å². The van der Waals surface area contributed by atoms with E-state index in [9.17, 15) is 14.9 Å². The van der Waals surface area contributed by atoms with Crippen LogP contribution in [0.15, 0.2) is 64.4 Å². The molecular formula is C17H14N4O3S. The topological polar surface area (TPSA) is 128 Å². The molecule has 0 saturated heterocycles. The van der Waals surface area contributed by atoms with Crippen LogP contribution in [0.25, 0.3) is 11.3 Å². The van der Waals surface area contributed by atoms with E-state index in [1.54, 1.807) is 18.2 Å². The molecule has 3 aromatic rings. The number of rotatable bonds is 5. The number of non-ortho nitro benzene ring substituents is 1. The van der Waals surface area contributed by atoms with E-state index in [1.165, 1.54) is 23.9 Å². The van der Waals surface area contributed by atoms with Crippen molar-refractivity contribution in [3.05, 3.63) is 70.3 Å². The molecule has 1 aromatic heterocycles. The standard InChI is InChI=1S/C17H14N4O3S/c18-16-14(17(19)22)9-15(20-16)10-2-1-3-13(8-10)25-12-6-4-11(5-7-12)21(23)24/h1-9,20H,18H2,(H2,19,22). The molecule has 0 bridgehead atoms. The number of H-pyrrole nitrogens is 1. The molecule has 5 N–H and O–H groups in total. The average molecular weight is 354 g/mol. The number of hydrogen-bond acceptors (Lipinski definition) is 5. The lowest BCUT2D eigenvalue weighted by Crippen LogP contribution is -2.11. The van der Waals surface area contributed by atoms with E-state index >= 15 is 0 Å². The van der Waals surface area contributed by atoms with Crippen molar-refractivity contribution in [2.45, 2.75) is 9.79 Å². The van der Waals surface area contributed by atoms with Crippen LogP contribution in [0.2, 0.25) is 0 Å². The zero-order valence-electron chi connectivity index (χ0n) is 12.9. The number of anilines is 1. The Hall–Kier alpha value is -3.26. The number of nitrogens with zero attached hydrogens (tertiary/aromatic N) is 1. The third-order valence-electron chi connectivity index (χ3n) is 3.54. The summed E-state index contributed by atoms with van der Waals surface area (Å²) in [5, 5.41) is 10.7. The molecule has 0 aliphatic carbocycles. The fourth-order valence-corrected chi connectivity index (χ4v) is 3.21. The Morgan fingerprint density at radius 3 is 2.40 bits per heavy atom. The van der Waals surface area contributed by atoms with E-state index in [4.69, 9.17) is 11.5 Å². The number of amides is 1. The van der Waals surface area contributed by atoms with E-state index in [2.05, 4.69) is 4.98 Å². The van der Waals surface area contributed by atoms with E-state index in [0.717, 1.165) is 15.4 Å². The molecule has 0 fully saturated rings. The molecular weight excluding hydrogens is 340 g/mol. The van der Waals surface area contributed by atoms with E-state index in [-0.39, 0.29) is 17.1 Å². The summed E-state index contributed by atoms with van der Waals surface area (Å²) < 4.78 is 0. The van der Waals surface area contributed by atoms with Gasteiger partial charge in [0.2, 0.25) is 0 Å². The van der Waals surface area contributed by atoms with Crippen molar-refractivity contribution in [1.82, 2.24) is 4.98 Å². The first-order valence-electron chi connectivity index (χ1n) is 7.25. The normalized spacial score (nSPS) is 10.6. The molecule has 2 aromatic carbocycles. The fourth-order valence-electron chi connectivity index (χ4n) is 2.33. The van der Waals surface area contributed by atoms with Gasteiger partial charge in [-0.1, -0.05) is 23.9 Å². The van der Waals surface area contributed by atoms with Gasteiger partial charge in [-0.15, -0.1) is 0 Å². The number of nitrogens with one attached hydrogen (secondary N) is 1. The van der Waals surface area contributed by atoms with Gasteiger partial charge in [-0.05, 0) is 35.9 Å². The van der Waals surface area contributed by atoms with Crippen LogP contribution in [0, 0.1) is 10.1 Å². The molecule has 0 radical (unpaired) electrons. The van der Waals surface area contributed by atoms with Gasteiger partial charge < -0.3 is 16.5 Å². The summed E-state index contributed by atoms with van der Waals surface area (Å²) in [4.78, 5) is 26.4. The van der Waals surface area contributed by atoms with Crippen LogP contribution in [0.4, 0.5) is 11.5 Å². The zero-order valence-corrected chi connectivity index (χ0v) is 13.7. The van der Waals surface area contributed by atoms with Crippen molar-refractivity contribution in [3.63, 3.8) is 0 Å². The fraction of sp³-hybridized carbons (Fsp3) is 0. The Morgan fingerprint density at radius 2 is 1.80 bits per heavy atom. The first-order valence-corrected chi connectivity index (χ1v) is 8.07. The van der Waals surface area contributed by atoms with Crippen LogP contribution in [0.3, 0.4) is 0 Å². The summed E-state index contributed by atoms with van der Waals surface area (Å²) in [6, 6.07) is 15.6. The maximum absolute atomic E-state index is 11.3. The van der Waals surface area contributed by atoms with Crippen molar-refractivity contribution in [1.29, 1.82) is 0 Å². The molecule has 0 atom stereocenters. The molecule has 0 spiro atoms. The maximum atomic E-state index is 11.3. The number of carbonyl (C=O) groups is 1. The Labute approximate surface area is 147 Å². The highest BCUT2D eigenvalue weighted by molar-refractivity contribution is 7.99. The lowest BCUT2D eigenvalue weighted by Gasteiger charge is -2.04. The number of hydrogen-bond donors (Lipinski definition) is 3. The number of nitrogen functional groups attached to an aromatic ring is 1. The summed E-state index contributed by atoms with van der Waals surface area (Å²) in [7, 11) is 0. The molecule has 1 amide bonds.